The minimum Gasteiger partial charge on any atom is -0.505 e. The van der Waals surface area contributed by atoms with Gasteiger partial charge in [-0.15, -0.1) is 0 Å². The number of rotatable bonds is 6. The highest BCUT2D eigenvalue weighted by Crippen LogP contribution is 2.22. The Balaban J connectivity index is 1.55. The highest BCUT2D eigenvalue weighted by molar-refractivity contribution is 6.04. The van der Waals surface area contributed by atoms with Crippen LogP contribution in [0.15, 0.2) is 71.8 Å². The maximum atomic E-state index is 12.8. The standard InChI is InChI=1S/C23H20N6O4/c1-14-11-20(25-13-24-14)26-15-7-9-16(10-8-15)27-23(32)22-18(30)12-21(31)29(28-22)17-5-3-4-6-19(17)33-2/h3-13,30H,1-2H3,(H,27,32)(H,24,25,26). The summed E-state index contributed by atoms with van der Waals surface area (Å²) in [7, 11) is 1.46. The van der Waals surface area contributed by atoms with Gasteiger partial charge in [0.05, 0.1) is 7.11 Å². The van der Waals surface area contributed by atoms with Gasteiger partial charge in [0, 0.05) is 29.2 Å². The second kappa shape index (κ2) is 9.18. The van der Waals surface area contributed by atoms with Crippen molar-refractivity contribution in [2.45, 2.75) is 6.92 Å². The number of nitrogens with zero attached hydrogens (tertiary/aromatic N) is 4. The van der Waals surface area contributed by atoms with Gasteiger partial charge in [0.15, 0.2) is 11.4 Å². The molecular formula is C23H20N6O4. The van der Waals surface area contributed by atoms with Crippen molar-refractivity contribution in [3.63, 3.8) is 0 Å². The van der Waals surface area contributed by atoms with Gasteiger partial charge in [0.1, 0.15) is 23.6 Å². The smallest absolute Gasteiger partial charge is 0.279 e. The van der Waals surface area contributed by atoms with Gasteiger partial charge >= 0.3 is 0 Å². The van der Waals surface area contributed by atoms with E-state index in [-0.39, 0.29) is 5.69 Å². The van der Waals surface area contributed by atoms with E-state index in [0.29, 0.717) is 22.9 Å². The van der Waals surface area contributed by atoms with E-state index in [1.807, 2.05) is 6.92 Å². The van der Waals surface area contributed by atoms with Gasteiger partial charge in [0.2, 0.25) is 0 Å². The van der Waals surface area contributed by atoms with Crippen LogP contribution < -0.4 is 20.9 Å². The number of aromatic hydroxyl groups is 1. The molecule has 0 atom stereocenters. The van der Waals surface area contributed by atoms with Gasteiger partial charge in [-0.05, 0) is 43.3 Å². The first-order valence-corrected chi connectivity index (χ1v) is 9.88. The molecule has 166 valence electrons. The van der Waals surface area contributed by atoms with E-state index in [1.165, 1.54) is 13.4 Å². The first-order valence-electron chi connectivity index (χ1n) is 9.88. The van der Waals surface area contributed by atoms with Crippen LogP contribution in [0, 0.1) is 6.92 Å². The molecule has 2 aromatic heterocycles. The molecule has 33 heavy (non-hydrogen) atoms. The Morgan fingerprint density at radius 1 is 1.03 bits per heavy atom. The molecule has 1 amide bonds. The third-order valence-electron chi connectivity index (χ3n) is 4.66. The molecule has 3 N–H and O–H groups in total. The maximum absolute atomic E-state index is 12.8. The van der Waals surface area contributed by atoms with Crippen molar-refractivity contribution in [3.8, 4) is 17.2 Å². The molecule has 0 aliphatic heterocycles. The second-order valence-corrected chi connectivity index (χ2v) is 7.00. The Morgan fingerprint density at radius 2 is 1.76 bits per heavy atom. The predicted molar refractivity (Wildman–Crippen MR) is 122 cm³/mol. The number of aryl methyl sites for hydroxylation is 1. The van der Waals surface area contributed by atoms with Gasteiger partial charge < -0.3 is 20.5 Å². The number of hydrogen-bond donors (Lipinski definition) is 3. The predicted octanol–water partition coefficient (Wildman–Crippen LogP) is 3.04. The summed E-state index contributed by atoms with van der Waals surface area (Å²) in [6, 6.07) is 16.4. The molecule has 10 heteroatoms. The van der Waals surface area contributed by atoms with Crippen LogP contribution in [0.1, 0.15) is 16.2 Å². The Hall–Kier alpha value is -4.73. The number of hydrogen-bond acceptors (Lipinski definition) is 8. The van der Waals surface area contributed by atoms with Crippen molar-refractivity contribution in [1.29, 1.82) is 0 Å². The summed E-state index contributed by atoms with van der Waals surface area (Å²) in [4.78, 5) is 33.4. The monoisotopic (exact) mass is 444 g/mol. The lowest BCUT2D eigenvalue weighted by molar-refractivity contribution is 0.101. The van der Waals surface area contributed by atoms with E-state index in [1.54, 1.807) is 54.6 Å². The molecule has 0 radical (unpaired) electrons. The van der Waals surface area contributed by atoms with Gasteiger partial charge in [-0.3, -0.25) is 9.59 Å². The zero-order chi connectivity index (χ0) is 23.4. The third-order valence-corrected chi connectivity index (χ3v) is 4.66. The van der Waals surface area contributed by atoms with Crippen LogP contribution >= 0.6 is 0 Å². The van der Waals surface area contributed by atoms with Gasteiger partial charge in [-0.2, -0.15) is 9.78 Å². The average molecular weight is 444 g/mol. The summed E-state index contributed by atoms with van der Waals surface area (Å²) in [5.74, 6) is -0.164. The Morgan fingerprint density at radius 3 is 2.48 bits per heavy atom. The SMILES string of the molecule is COc1ccccc1-n1nc(C(=O)Nc2ccc(Nc3cc(C)ncn3)cc2)c(O)cc1=O. The number of aromatic nitrogens is 4. The number of anilines is 3. The lowest BCUT2D eigenvalue weighted by atomic mass is 10.2. The summed E-state index contributed by atoms with van der Waals surface area (Å²) in [5.41, 5.74) is 1.49. The van der Waals surface area contributed by atoms with E-state index < -0.39 is 17.2 Å². The molecule has 0 saturated carbocycles. The summed E-state index contributed by atoms with van der Waals surface area (Å²) in [5, 5.41) is 20.0. The van der Waals surface area contributed by atoms with Crippen LogP contribution in [0.4, 0.5) is 17.2 Å². The normalized spacial score (nSPS) is 10.5. The Bertz CT molecular complexity index is 1370. The van der Waals surface area contributed by atoms with Crippen molar-refractivity contribution < 1.29 is 14.6 Å². The number of ether oxygens (including phenoxy) is 1. The number of carbonyl (C=O) groups excluding carboxylic acids is 1. The fraction of sp³-hybridized carbons (Fsp3) is 0.0870. The molecule has 0 saturated heterocycles. The summed E-state index contributed by atoms with van der Waals surface area (Å²) in [6.07, 6.45) is 1.47. The van der Waals surface area contributed by atoms with Crippen molar-refractivity contribution in [2.24, 2.45) is 0 Å². The van der Waals surface area contributed by atoms with Crippen molar-refractivity contribution in [3.05, 3.63) is 88.7 Å². The van der Waals surface area contributed by atoms with E-state index in [9.17, 15) is 14.7 Å². The van der Waals surface area contributed by atoms with E-state index >= 15 is 0 Å². The van der Waals surface area contributed by atoms with Crippen LogP contribution in [-0.4, -0.2) is 37.9 Å². The average Bonchev–Trinajstić information content (AvgIpc) is 2.80. The van der Waals surface area contributed by atoms with Crippen LogP contribution in [-0.2, 0) is 0 Å². The van der Waals surface area contributed by atoms with Crippen molar-refractivity contribution in [1.82, 2.24) is 19.7 Å². The topological polar surface area (TPSA) is 131 Å². The lowest BCUT2D eigenvalue weighted by Crippen LogP contribution is -2.25. The molecule has 10 nitrogen and oxygen atoms in total. The van der Waals surface area contributed by atoms with Crippen LogP contribution in [0.3, 0.4) is 0 Å². The molecule has 4 rings (SSSR count). The minimum absolute atomic E-state index is 0.306. The lowest BCUT2D eigenvalue weighted by Gasteiger charge is -2.12. The van der Waals surface area contributed by atoms with Gasteiger partial charge in [0.25, 0.3) is 11.5 Å². The van der Waals surface area contributed by atoms with Gasteiger partial charge in [-0.25, -0.2) is 9.97 Å². The highest BCUT2D eigenvalue weighted by Gasteiger charge is 2.18. The molecule has 4 aromatic rings. The second-order valence-electron chi connectivity index (χ2n) is 7.00. The van der Waals surface area contributed by atoms with E-state index in [4.69, 9.17) is 4.74 Å². The van der Waals surface area contributed by atoms with Gasteiger partial charge in [-0.1, -0.05) is 12.1 Å². The first-order chi connectivity index (χ1) is 15.9. The van der Waals surface area contributed by atoms with Crippen molar-refractivity contribution >= 4 is 23.1 Å². The molecule has 0 spiro atoms. The minimum atomic E-state index is -0.678. The zero-order valence-electron chi connectivity index (χ0n) is 17.8. The van der Waals surface area contributed by atoms with Crippen LogP contribution in [0.25, 0.3) is 5.69 Å². The molecule has 0 unspecified atom stereocenters. The number of para-hydroxylation sites is 2. The number of carbonyl (C=O) groups is 1. The molecule has 2 aromatic carbocycles. The first kappa shape index (κ1) is 21.5. The number of nitrogens with one attached hydrogen (secondary N) is 2. The number of methoxy groups -OCH3 is 1. The largest absolute Gasteiger partial charge is 0.505 e. The Kier molecular flexibility index (Phi) is 5.98. The Labute approximate surface area is 188 Å². The summed E-state index contributed by atoms with van der Waals surface area (Å²) >= 11 is 0. The quantitative estimate of drug-likeness (QED) is 0.414. The summed E-state index contributed by atoms with van der Waals surface area (Å²) in [6.45, 7) is 1.87. The number of benzene rings is 2. The number of amides is 1. The fourth-order valence-electron chi connectivity index (χ4n) is 3.08. The molecular weight excluding hydrogens is 424 g/mol. The molecule has 0 aliphatic carbocycles. The van der Waals surface area contributed by atoms with Crippen LogP contribution in [0.2, 0.25) is 0 Å². The molecule has 0 aliphatic rings. The maximum Gasteiger partial charge on any atom is 0.279 e. The molecule has 0 fully saturated rings. The fourth-order valence-corrected chi connectivity index (χ4v) is 3.08. The molecule has 2 heterocycles. The third kappa shape index (κ3) is 4.79. The van der Waals surface area contributed by atoms with E-state index in [2.05, 4.69) is 25.7 Å². The zero-order valence-corrected chi connectivity index (χ0v) is 17.8. The summed E-state index contributed by atoms with van der Waals surface area (Å²) < 4.78 is 6.27. The van der Waals surface area contributed by atoms with Crippen LogP contribution in [0.5, 0.6) is 11.5 Å². The van der Waals surface area contributed by atoms with E-state index in [0.717, 1.165) is 22.1 Å². The highest BCUT2D eigenvalue weighted by atomic mass is 16.5. The molecule has 0 bridgehead atoms. The van der Waals surface area contributed by atoms with Crippen molar-refractivity contribution in [2.75, 3.05) is 17.7 Å².